The van der Waals surface area contributed by atoms with Crippen molar-refractivity contribution in [3.63, 3.8) is 0 Å². The van der Waals surface area contributed by atoms with E-state index in [1.807, 2.05) is 30.3 Å². The number of rotatable bonds is 8. The number of ether oxygens (including phenoxy) is 2. The molecule has 2 amide bonds. The quantitative estimate of drug-likeness (QED) is 0.386. The van der Waals surface area contributed by atoms with Crippen molar-refractivity contribution in [1.82, 2.24) is 10.9 Å². The summed E-state index contributed by atoms with van der Waals surface area (Å²) in [5, 5.41) is 0.732. The van der Waals surface area contributed by atoms with Crippen LogP contribution in [0.2, 0.25) is 10.0 Å². The van der Waals surface area contributed by atoms with Crippen LogP contribution in [0.4, 0.5) is 0 Å². The first-order valence-corrected chi connectivity index (χ1v) is 11.1. The number of hydrogen-bond acceptors (Lipinski definition) is 4. The molecule has 0 atom stereocenters. The first-order valence-electron chi connectivity index (χ1n) is 9.55. The molecule has 0 heterocycles. The van der Waals surface area contributed by atoms with Gasteiger partial charge in [-0.3, -0.25) is 20.4 Å². The van der Waals surface area contributed by atoms with E-state index < -0.39 is 11.8 Å². The summed E-state index contributed by atoms with van der Waals surface area (Å²) in [6, 6.07) is 19.6. The SMILES string of the molecule is O=C(COc1ccc(Cl)cc1Cl)NNC(=O)c1cc(Br)ccc1OCCc1ccccc1. The van der Waals surface area contributed by atoms with E-state index in [0.29, 0.717) is 34.0 Å². The predicted octanol–water partition coefficient (Wildman–Crippen LogP) is 5.22. The van der Waals surface area contributed by atoms with Crippen LogP contribution in [0.1, 0.15) is 15.9 Å². The van der Waals surface area contributed by atoms with Crippen LogP contribution in [0.3, 0.4) is 0 Å². The Morgan fingerprint density at radius 3 is 2.38 bits per heavy atom. The fraction of sp³-hybridized carbons (Fsp3) is 0.130. The van der Waals surface area contributed by atoms with Gasteiger partial charge >= 0.3 is 0 Å². The molecule has 2 N–H and O–H groups in total. The summed E-state index contributed by atoms with van der Waals surface area (Å²) >= 11 is 15.2. The fourth-order valence-electron chi connectivity index (χ4n) is 2.69. The number of amides is 2. The summed E-state index contributed by atoms with van der Waals surface area (Å²) in [6.45, 7) is 0.0501. The van der Waals surface area contributed by atoms with E-state index in [1.165, 1.54) is 6.07 Å². The summed E-state index contributed by atoms with van der Waals surface area (Å²) in [5.74, 6) is -0.386. The van der Waals surface area contributed by atoms with Crippen LogP contribution in [0, 0.1) is 0 Å². The fourth-order valence-corrected chi connectivity index (χ4v) is 3.52. The lowest BCUT2D eigenvalue weighted by Crippen LogP contribution is -2.44. The predicted molar refractivity (Wildman–Crippen MR) is 127 cm³/mol. The minimum atomic E-state index is -0.564. The summed E-state index contributed by atoms with van der Waals surface area (Å²) in [5.41, 5.74) is 6.07. The average Bonchev–Trinajstić information content (AvgIpc) is 2.78. The van der Waals surface area contributed by atoms with Gasteiger partial charge in [0.05, 0.1) is 17.2 Å². The molecule has 0 aliphatic heterocycles. The lowest BCUT2D eigenvalue weighted by Gasteiger charge is -2.13. The molecule has 3 rings (SSSR count). The maximum Gasteiger partial charge on any atom is 0.276 e. The van der Waals surface area contributed by atoms with Crippen molar-refractivity contribution in [3.8, 4) is 11.5 Å². The van der Waals surface area contributed by atoms with E-state index >= 15 is 0 Å². The average molecular weight is 538 g/mol. The molecule has 0 spiro atoms. The molecule has 0 unspecified atom stereocenters. The standard InChI is InChI=1S/C23H19BrCl2N2O4/c24-16-6-8-20(31-11-10-15-4-2-1-3-5-15)18(12-16)23(30)28-27-22(29)14-32-21-9-7-17(25)13-19(21)26/h1-9,12-13H,10-11,14H2,(H,27,29)(H,28,30). The molecule has 0 saturated carbocycles. The van der Waals surface area contributed by atoms with Gasteiger partial charge in [0.2, 0.25) is 0 Å². The highest BCUT2D eigenvalue weighted by Gasteiger charge is 2.15. The van der Waals surface area contributed by atoms with Gasteiger partial charge in [0.25, 0.3) is 11.8 Å². The van der Waals surface area contributed by atoms with Gasteiger partial charge in [0, 0.05) is 15.9 Å². The van der Waals surface area contributed by atoms with Gasteiger partial charge in [0.1, 0.15) is 11.5 Å². The lowest BCUT2D eigenvalue weighted by molar-refractivity contribution is -0.123. The van der Waals surface area contributed by atoms with Crippen molar-refractivity contribution in [2.45, 2.75) is 6.42 Å². The van der Waals surface area contributed by atoms with E-state index in [9.17, 15) is 9.59 Å². The van der Waals surface area contributed by atoms with E-state index in [0.717, 1.165) is 5.56 Å². The van der Waals surface area contributed by atoms with Crippen molar-refractivity contribution >= 4 is 50.9 Å². The zero-order valence-corrected chi connectivity index (χ0v) is 19.8. The van der Waals surface area contributed by atoms with Crippen molar-refractivity contribution < 1.29 is 19.1 Å². The normalized spacial score (nSPS) is 10.3. The molecule has 3 aromatic rings. The van der Waals surface area contributed by atoms with Crippen LogP contribution in [-0.2, 0) is 11.2 Å². The Bertz CT molecular complexity index is 1100. The maximum absolute atomic E-state index is 12.6. The first-order chi connectivity index (χ1) is 15.4. The van der Waals surface area contributed by atoms with Gasteiger partial charge in [0.15, 0.2) is 6.61 Å². The molecular weight excluding hydrogens is 519 g/mol. The monoisotopic (exact) mass is 536 g/mol. The molecule has 0 aliphatic carbocycles. The lowest BCUT2D eigenvalue weighted by atomic mass is 10.1. The van der Waals surface area contributed by atoms with Crippen molar-refractivity contribution in [1.29, 1.82) is 0 Å². The number of hydrogen-bond donors (Lipinski definition) is 2. The second-order valence-electron chi connectivity index (χ2n) is 6.59. The third-order valence-electron chi connectivity index (χ3n) is 4.25. The molecule has 166 valence electrons. The Morgan fingerprint density at radius 2 is 1.62 bits per heavy atom. The van der Waals surface area contributed by atoms with Crippen LogP contribution >= 0.6 is 39.1 Å². The minimum Gasteiger partial charge on any atom is -0.492 e. The summed E-state index contributed by atoms with van der Waals surface area (Å²) in [4.78, 5) is 24.7. The van der Waals surface area contributed by atoms with Gasteiger partial charge in [-0.15, -0.1) is 0 Å². The Labute approximate surface area is 203 Å². The molecule has 0 aromatic heterocycles. The molecule has 6 nitrogen and oxygen atoms in total. The molecule has 3 aromatic carbocycles. The molecule has 9 heteroatoms. The summed E-state index contributed by atoms with van der Waals surface area (Å²) in [7, 11) is 0. The molecule has 0 bridgehead atoms. The van der Waals surface area contributed by atoms with Gasteiger partial charge in [-0.1, -0.05) is 69.5 Å². The zero-order chi connectivity index (χ0) is 22.9. The highest BCUT2D eigenvalue weighted by Crippen LogP contribution is 2.27. The smallest absolute Gasteiger partial charge is 0.276 e. The Kier molecular flexibility index (Phi) is 8.79. The molecule has 0 aliphatic rings. The molecule has 0 saturated heterocycles. The van der Waals surface area contributed by atoms with Gasteiger partial charge in [-0.25, -0.2) is 0 Å². The number of nitrogens with one attached hydrogen (secondary N) is 2. The Morgan fingerprint density at radius 1 is 0.875 bits per heavy atom. The first kappa shape index (κ1) is 23.9. The van der Waals surface area contributed by atoms with E-state index in [1.54, 1.807) is 30.3 Å². The van der Waals surface area contributed by atoms with Crippen LogP contribution < -0.4 is 20.3 Å². The third-order valence-corrected chi connectivity index (χ3v) is 5.27. The molecular formula is C23H19BrCl2N2O4. The maximum atomic E-state index is 12.6. The van der Waals surface area contributed by atoms with Gasteiger partial charge in [-0.2, -0.15) is 0 Å². The van der Waals surface area contributed by atoms with E-state index in [-0.39, 0.29) is 17.2 Å². The number of benzene rings is 3. The molecule has 32 heavy (non-hydrogen) atoms. The largest absolute Gasteiger partial charge is 0.492 e. The van der Waals surface area contributed by atoms with Crippen LogP contribution in [0.25, 0.3) is 0 Å². The van der Waals surface area contributed by atoms with E-state index in [2.05, 4.69) is 26.8 Å². The number of hydrazine groups is 1. The van der Waals surface area contributed by atoms with Crippen molar-refractivity contribution in [2.24, 2.45) is 0 Å². The Hall–Kier alpha value is -2.74. The molecule has 0 radical (unpaired) electrons. The number of carbonyl (C=O) groups excluding carboxylic acids is 2. The highest BCUT2D eigenvalue weighted by atomic mass is 79.9. The van der Waals surface area contributed by atoms with Crippen molar-refractivity contribution in [2.75, 3.05) is 13.2 Å². The second-order valence-corrected chi connectivity index (χ2v) is 8.35. The van der Waals surface area contributed by atoms with Crippen LogP contribution in [-0.4, -0.2) is 25.0 Å². The highest BCUT2D eigenvalue weighted by molar-refractivity contribution is 9.10. The minimum absolute atomic E-state index is 0.273. The number of halogens is 3. The Balaban J connectivity index is 1.53. The van der Waals surface area contributed by atoms with E-state index in [4.69, 9.17) is 32.7 Å². The van der Waals surface area contributed by atoms with Gasteiger partial charge in [-0.05, 0) is 42.0 Å². The van der Waals surface area contributed by atoms with Crippen LogP contribution in [0.15, 0.2) is 71.2 Å². The topological polar surface area (TPSA) is 76.7 Å². The molecule has 0 fully saturated rings. The van der Waals surface area contributed by atoms with Crippen LogP contribution in [0.5, 0.6) is 11.5 Å². The second kappa shape index (κ2) is 11.8. The summed E-state index contributed by atoms with van der Waals surface area (Å²) < 4.78 is 11.9. The third kappa shape index (κ3) is 7.15. The zero-order valence-electron chi connectivity index (χ0n) is 16.7. The number of carbonyl (C=O) groups is 2. The summed E-state index contributed by atoms with van der Waals surface area (Å²) in [6.07, 6.45) is 0.694. The van der Waals surface area contributed by atoms with Gasteiger partial charge < -0.3 is 9.47 Å². The van der Waals surface area contributed by atoms with Crippen molar-refractivity contribution in [3.05, 3.63) is 92.4 Å².